The number of aromatic hydroxyl groups is 1. The lowest BCUT2D eigenvalue weighted by atomic mass is 10.1. The van der Waals surface area contributed by atoms with Gasteiger partial charge in [-0.15, -0.1) is 0 Å². The van der Waals surface area contributed by atoms with Crippen LogP contribution in [0.15, 0.2) is 83.7 Å². The minimum absolute atomic E-state index is 0.153. The van der Waals surface area contributed by atoms with Gasteiger partial charge in [0.25, 0.3) is 11.5 Å². The Balaban J connectivity index is 1.80. The number of pyridine rings is 1. The van der Waals surface area contributed by atoms with Gasteiger partial charge in [-0.3, -0.25) is 14.4 Å². The summed E-state index contributed by atoms with van der Waals surface area (Å²) in [6.07, 6.45) is 0. The third-order valence-electron chi connectivity index (χ3n) is 5.27. The lowest BCUT2D eigenvalue weighted by Crippen LogP contribution is -2.36. The van der Waals surface area contributed by atoms with E-state index in [0.29, 0.717) is 17.9 Å². The molecule has 34 heavy (non-hydrogen) atoms. The fourth-order valence-electron chi connectivity index (χ4n) is 3.62. The van der Waals surface area contributed by atoms with Gasteiger partial charge in [0.1, 0.15) is 30.2 Å². The molecule has 1 heterocycles. The Bertz CT molecular complexity index is 1400. The van der Waals surface area contributed by atoms with Crippen LogP contribution in [0.5, 0.6) is 11.5 Å². The average Bonchev–Trinajstić information content (AvgIpc) is 2.85. The predicted octanol–water partition coefficient (Wildman–Crippen LogP) is 3.15. The predicted molar refractivity (Wildman–Crippen MR) is 126 cm³/mol. The zero-order valence-corrected chi connectivity index (χ0v) is 18.1. The average molecular weight is 458 g/mol. The number of hydrogen-bond donors (Lipinski definition) is 3. The quantitative estimate of drug-likeness (QED) is 0.373. The van der Waals surface area contributed by atoms with Crippen LogP contribution in [-0.2, 0) is 17.9 Å². The van der Waals surface area contributed by atoms with Gasteiger partial charge < -0.3 is 24.8 Å². The molecule has 0 aliphatic heterocycles. The Labute approximate surface area is 194 Å². The van der Waals surface area contributed by atoms with Gasteiger partial charge in [-0.1, -0.05) is 60.7 Å². The van der Waals surface area contributed by atoms with Crippen LogP contribution in [0.3, 0.4) is 0 Å². The topological polar surface area (TPSA) is 118 Å². The molecular formula is C26H22N2O6. The fourth-order valence-corrected chi connectivity index (χ4v) is 3.62. The maximum atomic E-state index is 13.3. The second-order valence-electron chi connectivity index (χ2n) is 7.63. The number of aromatic nitrogens is 1. The van der Waals surface area contributed by atoms with Crippen LogP contribution >= 0.6 is 0 Å². The van der Waals surface area contributed by atoms with Crippen LogP contribution in [0.2, 0.25) is 0 Å². The number of carboxylic acid groups (broad SMARTS) is 1. The Hall–Kier alpha value is -4.59. The van der Waals surface area contributed by atoms with Crippen molar-refractivity contribution >= 4 is 22.8 Å². The molecule has 0 bridgehead atoms. The van der Waals surface area contributed by atoms with E-state index in [4.69, 9.17) is 9.84 Å². The van der Waals surface area contributed by atoms with Crippen molar-refractivity contribution < 1.29 is 24.5 Å². The molecule has 3 N–H and O–H groups in total. The first-order chi connectivity index (χ1) is 16.4. The molecule has 172 valence electrons. The van der Waals surface area contributed by atoms with Gasteiger partial charge in [0.05, 0.1) is 12.1 Å². The van der Waals surface area contributed by atoms with Crippen LogP contribution < -0.4 is 15.6 Å². The van der Waals surface area contributed by atoms with Crippen molar-refractivity contribution in [2.45, 2.75) is 13.2 Å². The highest BCUT2D eigenvalue weighted by atomic mass is 16.5. The number of carboxylic acids is 1. The van der Waals surface area contributed by atoms with Crippen molar-refractivity contribution in [1.29, 1.82) is 0 Å². The molecule has 4 rings (SSSR count). The molecule has 0 radical (unpaired) electrons. The number of nitrogens with one attached hydrogen (secondary N) is 1. The van der Waals surface area contributed by atoms with Gasteiger partial charge in [0.2, 0.25) is 0 Å². The van der Waals surface area contributed by atoms with E-state index in [-0.39, 0.29) is 11.9 Å². The molecule has 8 heteroatoms. The zero-order chi connectivity index (χ0) is 24.1. The maximum absolute atomic E-state index is 13.3. The Kier molecular flexibility index (Phi) is 6.59. The highest BCUT2D eigenvalue weighted by Crippen LogP contribution is 2.30. The van der Waals surface area contributed by atoms with Crippen molar-refractivity contribution in [1.82, 2.24) is 9.88 Å². The van der Waals surface area contributed by atoms with Crippen LogP contribution in [0.4, 0.5) is 0 Å². The largest absolute Gasteiger partial charge is 0.506 e. The second kappa shape index (κ2) is 9.91. The molecular weight excluding hydrogens is 436 g/mol. The number of fused-ring (bicyclic) bond motifs is 1. The van der Waals surface area contributed by atoms with Crippen molar-refractivity contribution in [3.05, 3.63) is 106 Å². The van der Waals surface area contributed by atoms with Crippen molar-refractivity contribution in [3.63, 3.8) is 0 Å². The molecule has 0 saturated carbocycles. The first-order valence-electron chi connectivity index (χ1n) is 10.5. The van der Waals surface area contributed by atoms with Gasteiger partial charge in [0.15, 0.2) is 0 Å². The lowest BCUT2D eigenvalue weighted by Gasteiger charge is -2.16. The number of carbonyl (C=O) groups excluding carboxylic acids is 1. The maximum Gasteiger partial charge on any atom is 0.322 e. The Morgan fingerprint density at radius 3 is 2.21 bits per heavy atom. The van der Waals surface area contributed by atoms with Crippen LogP contribution in [-0.4, -0.2) is 33.2 Å². The summed E-state index contributed by atoms with van der Waals surface area (Å²) in [5.41, 5.74) is 0.931. The van der Waals surface area contributed by atoms with Crippen LogP contribution in [0.1, 0.15) is 21.5 Å². The summed E-state index contributed by atoms with van der Waals surface area (Å²) in [7, 11) is 0. The molecule has 0 aliphatic carbocycles. The molecule has 3 aromatic carbocycles. The molecule has 1 aromatic heterocycles. The number of benzene rings is 3. The first-order valence-corrected chi connectivity index (χ1v) is 10.5. The van der Waals surface area contributed by atoms with E-state index < -0.39 is 35.3 Å². The number of rotatable bonds is 8. The van der Waals surface area contributed by atoms with Gasteiger partial charge in [0, 0.05) is 5.39 Å². The number of hydrogen-bond acceptors (Lipinski definition) is 5. The van der Waals surface area contributed by atoms with Gasteiger partial charge in [-0.2, -0.15) is 0 Å². The highest BCUT2D eigenvalue weighted by Gasteiger charge is 2.23. The Morgan fingerprint density at radius 1 is 0.912 bits per heavy atom. The SMILES string of the molecule is O=C(O)CNC(=O)c1c(O)c2cc(OCc3ccccc3)ccc2n(Cc2ccccc2)c1=O. The van der Waals surface area contributed by atoms with E-state index in [9.17, 15) is 19.5 Å². The smallest absolute Gasteiger partial charge is 0.322 e. The van der Waals surface area contributed by atoms with Gasteiger partial charge in [-0.05, 0) is 29.3 Å². The number of amides is 1. The Morgan fingerprint density at radius 2 is 1.56 bits per heavy atom. The van der Waals surface area contributed by atoms with E-state index in [1.54, 1.807) is 18.2 Å². The highest BCUT2D eigenvalue weighted by molar-refractivity contribution is 6.03. The van der Waals surface area contributed by atoms with E-state index >= 15 is 0 Å². The zero-order valence-electron chi connectivity index (χ0n) is 18.1. The molecule has 1 amide bonds. The molecule has 8 nitrogen and oxygen atoms in total. The summed E-state index contributed by atoms with van der Waals surface area (Å²) >= 11 is 0. The van der Waals surface area contributed by atoms with Crippen molar-refractivity contribution in [3.8, 4) is 11.5 Å². The summed E-state index contributed by atoms with van der Waals surface area (Å²) in [6.45, 7) is -0.239. The van der Waals surface area contributed by atoms with Gasteiger partial charge >= 0.3 is 5.97 Å². The second-order valence-corrected chi connectivity index (χ2v) is 7.63. The van der Waals surface area contributed by atoms with E-state index in [1.165, 1.54) is 4.57 Å². The summed E-state index contributed by atoms with van der Waals surface area (Å²) < 4.78 is 7.22. The molecule has 0 spiro atoms. The number of carbonyl (C=O) groups is 2. The lowest BCUT2D eigenvalue weighted by molar-refractivity contribution is -0.135. The molecule has 0 fully saturated rings. The van der Waals surface area contributed by atoms with Crippen molar-refractivity contribution in [2.75, 3.05) is 6.54 Å². The van der Waals surface area contributed by atoms with E-state index in [0.717, 1.165) is 11.1 Å². The molecule has 0 atom stereocenters. The van der Waals surface area contributed by atoms with Crippen LogP contribution in [0.25, 0.3) is 10.9 Å². The van der Waals surface area contributed by atoms with Crippen molar-refractivity contribution in [2.24, 2.45) is 0 Å². The molecule has 0 unspecified atom stereocenters. The summed E-state index contributed by atoms with van der Waals surface area (Å²) in [4.78, 5) is 36.8. The monoisotopic (exact) mass is 458 g/mol. The first kappa shape index (κ1) is 22.6. The molecule has 4 aromatic rings. The molecule has 0 saturated heterocycles. The number of nitrogens with zero attached hydrogens (tertiary/aromatic N) is 1. The third kappa shape index (κ3) is 4.91. The third-order valence-corrected chi connectivity index (χ3v) is 5.27. The van der Waals surface area contributed by atoms with Crippen LogP contribution in [0, 0.1) is 0 Å². The normalized spacial score (nSPS) is 10.7. The number of ether oxygens (including phenoxy) is 1. The summed E-state index contributed by atoms with van der Waals surface area (Å²) in [5.74, 6) is -2.33. The number of aliphatic carboxylic acids is 1. The van der Waals surface area contributed by atoms with Gasteiger partial charge in [-0.25, -0.2) is 0 Å². The minimum atomic E-state index is -1.27. The fraction of sp³-hybridized carbons (Fsp3) is 0.115. The summed E-state index contributed by atoms with van der Waals surface area (Å²) in [6, 6.07) is 23.6. The van der Waals surface area contributed by atoms with E-state index in [1.807, 2.05) is 60.7 Å². The minimum Gasteiger partial charge on any atom is -0.506 e. The molecule has 0 aliphatic rings. The summed E-state index contributed by atoms with van der Waals surface area (Å²) in [5, 5.41) is 22.2. The van der Waals surface area contributed by atoms with E-state index in [2.05, 4.69) is 5.32 Å². The standard InChI is InChI=1S/C26H22N2O6/c29-22(30)14-27-25(32)23-24(31)20-13-19(34-16-18-9-5-2-6-10-18)11-12-21(20)28(26(23)33)15-17-7-3-1-4-8-17/h1-13,31H,14-16H2,(H,27,32)(H,29,30).